The van der Waals surface area contributed by atoms with E-state index in [1.54, 1.807) is 0 Å². The van der Waals surface area contributed by atoms with Gasteiger partial charge in [0.15, 0.2) is 0 Å². The van der Waals surface area contributed by atoms with E-state index in [0.29, 0.717) is 52.4 Å². The van der Waals surface area contributed by atoms with Crippen molar-refractivity contribution in [3.05, 3.63) is 130 Å². The second-order valence-corrected chi connectivity index (χ2v) is 14.8. The summed E-state index contributed by atoms with van der Waals surface area (Å²) >= 11 is -3.79. The molecule has 0 aliphatic carbocycles. The molecule has 0 fully saturated rings. The van der Waals surface area contributed by atoms with E-state index in [0.717, 1.165) is 43.8 Å². The van der Waals surface area contributed by atoms with Crippen LogP contribution >= 0.6 is 0 Å². The number of carbonyl (C=O) groups is 1. The van der Waals surface area contributed by atoms with Gasteiger partial charge in [0.2, 0.25) is 0 Å². The predicted octanol–water partition coefficient (Wildman–Crippen LogP) is 4.09. The van der Waals surface area contributed by atoms with Crippen LogP contribution in [0.15, 0.2) is 127 Å². The van der Waals surface area contributed by atoms with Crippen molar-refractivity contribution < 1.29 is 8.32 Å². The Balaban J connectivity index is 1.51. The van der Waals surface area contributed by atoms with Crippen LogP contribution in [0.25, 0.3) is 21.5 Å². The van der Waals surface area contributed by atoms with Gasteiger partial charge >= 0.3 is 255 Å². The zero-order chi connectivity index (χ0) is 28.9. The predicted molar refractivity (Wildman–Crippen MR) is 168 cm³/mol. The molecule has 204 valence electrons. The van der Waals surface area contributed by atoms with E-state index >= 15 is 0 Å². The molecule has 0 N–H and O–H groups in total. The van der Waals surface area contributed by atoms with E-state index in [4.69, 9.17) is 33.5 Å². The van der Waals surface area contributed by atoms with Crippen molar-refractivity contribution in [3.8, 4) is 0 Å². The number of benzene rings is 4. The molecule has 4 aliphatic heterocycles. The fraction of sp³-hybridized carbons (Fsp3) is 0. The quantitative estimate of drug-likeness (QED) is 0.213. The standard InChI is InChI=1S/C32H16N8.CH2O2.Ga/c1-2-10-18-17(9-1)25-33-26(18)38-28-21-13-5-6-14-22(21)30(35-28)40-32-24-16-8-7-15-23(24)31(36-32)39-29-20-12-4-3-11-19(20)27(34-29)37-25;2-1-3;/h1-16H;1H,(H,2,3);/q-2;;+3/p-1. The molecule has 4 aliphatic rings. The van der Waals surface area contributed by atoms with E-state index in [1.807, 2.05) is 104 Å². The van der Waals surface area contributed by atoms with Gasteiger partial charge in [-0.3, -0.25) is 0 Å². The van der Waals surface area contributed by atoms with Crippen LogP contribution in [0.1, 0.15) is 22.3 Å². The maximum absolute atomic E-state index is 12.4. The number of amidine groups is 4. The summed E-state index contributed by atoms with van der Waals surface area (Å²) in [7, 11) is 0. The van der Waals surface area contributed by atoms with Gasteiger partial charge in [0.25, 0.3) is 0 Å². The van der Waals surface area contributed by atoms with Gasteiger partial charge in [-0.25, -0.2) is 0 Å². The molecule has 10 rings (SSSR count). The third-order valence-corrected chi connectivity index (χ3v) is 13.1. The Bertz CT molecular complexity index is 2410. The fourth-order valence-electron chi connectivity index (χ4n) is 6.56. The van der Waals surface area contributed by atoms with Crippen LogP contribution in [0.2, 0.25) is 0 Å². The number of nitrogens with zero attached hydrogens (tertiary/aromatic N) is 8. The first-order chi connectivity index (χ1) is 21.8. The van der Waals surface area contributed by atoms with Crippen LogP contribution in [0.5, 0.6) is 0 Å². The van der Waals surface area contributed by atoms with Crippen molar-refractivity contribution in [2.75, 3.05) is 0 Å². The van der Waals surface area contributed by atoms with Crippen molar-refractivity contribution >= 4 is 80.1 Å². The third-order valence-electron chi connectivity index (χ3n) is 8.44. The summed E-state index contributed by atoms with van der Waals surface area (Å²) in [6.45, 7) is 0.528. The Morgan fingerprint density at radius 2 is 0.864 bits per heavy atom. The molecule has 0 saturated carbocycles. The van der Waals surface area contributed by atoms with Crippen molar-refractivity contribution in [2.45, 2.75) is 0 Å². The van der Waals surface area contributed by atoms with Crippen LogP contribution in [0.4, 0.5) is 11.6 Å². The number of rotatable bonds is 2. The van der Waals surface area contributed by atoms with Crippen LogP contribution < -0.4 is 11.0 Å². The van der Waals surface area contributed by atoms with Gasteiger partial charge < -0.3 is 0 Å². The van der Waals surface area contributed by atoms with Gasteiger partial charge in [-0.2, -0.15) is 0 Å². The average molecular weight is 627 g/mol. The van der Waals surface area contributed by atoms with Crippen LogP contribution in [-0.2, 0) is 8.32 Å². The van der Waals surface area contributed by atoms with Crippen molar-refractivity contribution in [1.29, 1.82) is 0 Å². The van der Waals surface area contributed by atoms with Crippen LogP contribution in [-0.4, -0.2) is 53.4 Å². The van der Waals surface area contributed by atoms with E-state index in [-0.39, 0.29) is 0 Å². The summed E-state index contributed by atoms with van der Waals surface area (Å²) in [5.74, 6) is 3.42. The van der Waals surface area contributed by atoms with Gasteiger partial charge in [-0.1, -0.05) is 0 Å². The normalized spacial score (nSPS) is 15.3. The number of carbonyl (C=O) groups excluding carboxylic acids is 1. The topological polar surface area (TPSA) is 110 Å². The van der Waals surface area contributed by atoms with Gasteiger partial charge in [0.1, 0.15) is 0 Å². The van der Waals surface area contributed by atoms with Crippen LogP contribution in [0.3, 0.4) is 0 Å². The summed E-state index contributed by atoms with van der Waals surface area (Å²) in [5.41, 5.74) is 4.77. The average Bonchev–Trinajstić information content (AvgIpc) is 3.77. The zero-order valence-corrected chi connectivity index (χ0v) is 25.2. The summed E-state index contributed by atoms with van der Waals surface area (Å²) in [6.07, 6.45) is 0. The number of hydrogen-bond donors (Lipinski definition) is 0. The molecule has 0 radical (unpaired) electrons. The molecule has 4 aromatic carbocycles. The molecule has 0 atom stereocenters. The first-order valence-electron chi connectivity index (χ1n) is 14.1. The van der Waals surface area contributed by atoms with E-state index in [1.165, 1.54) is 0 Å². The molecule has 0 unspecified atom stereocenters. The second kappa shape index (κ2) is 8.69. The molecule has 11 heteroatoms. The summed E-state index contributed by atoms with van der Waals surface area (Å²) in [5, 5.41) is 3.48. The Kier molecular flexibility index (Phi) is 4.71. The first kappa shape index (κ1) is 23.9. The minimum atomic E-state index is -3.79. The molecule has 2 aromatic heterocycles. The van der Waals surface area contributed by atoms with Gasteiger partial charge in [0, 0.05) is 0 Å². The summed E-state index contributed by atoms with van der Waals surface area (Å²) in [6, 6.07) is 31.9. The third kappa shape index (κ3) is 3.08. The molecule has 10 nitrogen and oxygen atoms in total. The number of hydrogen-bond acceptors (Lipinski definition) is 8. The molecule has 44 heavy (non-hydrogen) atoms. The Labute approximate surface area is 254 Å². The monoisotopic (exact) mass is 626 g/mol. The first-order valence-corrected chi connectivity index (χ1v) is 17.3. The van der Waals surface area contributed by atoms with E-state index < -0.39 is 17.1 Å². The van der Waals surface area contributed by atoms with E-state index in [2.05, 4.69) is 0 Å². The Morgan fingerprint density at radius 1 is 0.477 bits per heavy atom. The zero-order valence-electron chi connectivity index (χ0n) is 22.8. The Morgan fingerprint density at radius 3 is 1.30 bits per heavy atom. The number of fused-ring (bicyclic) bond motifs is 14. The fourth-order valence-corrected chi connectivity index (χ4v) is 11.2. The van der Waals surface area contributed by atoms with Gasteiger partial charge in [0.05, 0.1) is 0 Å². The Hall–Kier alpha value is -5.65. The molecule has 6 heterocycles. The molecule has 0 amide bonds. The molecular weight excluding hydrogens is 610 g/mol. The molecular formula is C33H17GaN8O2. The summed E-state index contributed by atoms with van der Waals surface area (Å²) < 4.78 is 10.3. The number of aromatic nitrogens is 2. The number of aliphatic imine (C=N–C) groups is 4. The summed E-state index contributed by atoms with van der Waals surface area (Å²) in [4.78, 5) is 43.2. The van der Waals surface area contributed by atoms with Crippen molar-refractivity contribution in [2.24, 2.45) is 30.0 Å². The van der Waals surface area contributed by atoms with Gasteiger partial charge in [-0.05, 0) is 0 Å². The van der Waals surface area contributed by atoms with E-state index in [9.17, 15) is 4.79 Å². The second-order valence-electron chi connectivity index (χ2n) is 10.7. The van der Waals surface area contributed by atoms with Crippen molar-refractivity contribution in [1.82, 2.24) is 6.55 Å². The molecule has 0 spiro atoms. The van der Waals surface area contributed by atoms with Crippen molar-refractivity contribution in [3.63, 3.8) is 0 Å². The molecule has 6 bridgehead atoms. The maximum atomic E-state index is 12.4. The van der Waals surface area contributed by atoms with Gasteiger partial charge in [-0.15, -0.1) is 0 Å². The molecule has 6 aromatic rings. The van der Waals surface area contributed by atoms with Crippen LogP contribution in [0, 0.1) is 0 Å². The molecule has 0 saturated heterocycles. The SMILES string of the molecule is O=C[O][Ga]1[n]2c3c4ccccc4c2N=C2N=C(N=c4c5ccccc5c([n]41)=NC1=NC(=N3)c3ccccc31)c1ccccc12. The minimum absolute atomic E-state index is 0.528.